The molecule has 1 atom stereocenters. The number of carbonyl (C=O) groups excluding carboxylic acids is 1. The number of para-hydroxylation sites is 2. The fourth-order valence-electron chi connectivity index (χ4n) is 1.72. The van der Waals surface area contributed by atoms with Gasteiger partial charge in [0.15, 0.2) is 0 Å². The van der Waals surface area contributed by atoms with Gasteiger partial charge in [-0.1, -0.05) is 19.1 Å². The van der Waals surface area contributed by atoms with E-state index in [0.717, 1.165) is 12.1 Å². The first-order chi connectivity index (χ1) is 9.70. The third-order valence-corrected chi connectivity index (χ3v) is 3.07. The van der Waals surface area contributed by atoms with Crippen molar-refractivity contribution >= 4 is 11.6 Å². The minimum Gasteiger partial charge on any atom is -0.323 e. The summed E-state index contributed by atoms with van der Waals surface area (Å²) in [6.07, 6.45) is 4.05. The zero-order chi connectivity index (χ0) is 14.4. The molecule has 0 saturated heterocycles. The maximum Gasteiger partial charge on any atom is 0.238 e. The van der Waals surface area contributed by atoms with Crippen molar-refractivity contribution in [3.63, 3.8) is 0 Å². The Morgan fingerprint density at radius 3 is 2.90 bits per heavy atom. The van der Waals surface area contributed by atoms with Crippen LogP contribution in [-0.2, 0) is 4.79 Å². The van der Waals surface area contributed by atoms with Crippen molar-refractivity contribution in [2.24, 2.45) is 0 Å². The second-order valence-corrected chi connectivity index (χ2v) is 4.60. The minimum atomic E-state index is -0.0714. The van der Waals surface area contributed by atoms with E-state index >= 15 is 0 Å². The highest BCUT2D eigenvalue weighted by Gasteiger charge is 2.09. The molecule has 2 N–H and O–H groups in total. The summed E-state index contributed by atoms with van der Waals surface area (Å²) < 4.78 is 1.62. The lowest BCUT2D eigenvalue weighted by atomic mass is 10.2. The normalized spacial score (nSPS) is 12.1. The van der Waals surface area contributed by atoms with Gasteiger partial charge in [0.1, 0.15) is 12.7 Å². The number of rotatable bonds is 6. The first-order valence-corrected chi connectivity index (χ1v) is 6.68. The van der Waals surface area contributed by atoms with Gasteiger partial charge in [-0.05, 0) is 25.5 Å². The van der Waals surface area contributed by atoms with Gasteiger partial charge in [0.2, 0.25) is 5.91 Å². The number of nitrogens with one attached hydrogen (secondary N) is 2. The predicted octanol–water partition coefficient (Wildman–Crippen LogP) is 1.59. The van der Waals surface area contributed by atoms with Gasteiger partial charge < -0.3 is 10.6 Å². The summed E-state index contributed by atoms with van der Waals surface area (Å²) >= 11 is 0. The largest absolute Gasteiger partial charge is 0.323 e. The molecule has 0 aliphatic heterocycles. The van der Waals surface area contributed by atoms with Crippen molar-refractivity contribution in [3.8, 4) is 5.69 Å². The molecule has 106 valence electrons. The molecule has 1 aromatic carbocycles. The van der Waals surface area contributed by atoms with Crippen LogP contribution in [0.1, 0.15) is 20.3 Å². The number of benzene rings is 1. The van der Waals surface area contributed by atoms with Crippen LogP contribution in [0.4, 0.5) is 5.69 Å². The first-order valence-electron chi connectivity index (χ1n) is 6.68. The number of carbonyl (C=O) groups is 1. The van der Waals surface area contributed by atoms with Gasteiger partial charge in [-0.3, -0.25) is 4.79 Å². The molecule has 6 nitrogen and oxygen atoms in total. The molecule has 0 radical (unpaired) electrons. The Morgan fingerprint density at radius 1 is 1.40 bits per heavy atom. The summed E-state index contributed by atoms with van der Waals surface area (Å²) in [7, 11) is 0. The molecule has 0 bridgehead atoms. The molecular weight excluding hydrogens is 254 g/mol. The Morgan fingerprint density at radius 2 is 2.20 bits per heavy atom. The molecule has 0 fully saturated rings. The van der Waals surface area contributed by atoms with E-state index in [1.54, 1.807) is 11.0 Å². The van der Waals surface area contributed by atoms with E-state index in [1.165, 1.54) is 6.33 Å². The summed E-state index contributed by atoms with van der Waals surface area (Å²) in [5.41, 5.74) is 1.51. The number of amides is 1. The van der Waals surface area contributed by atoms with E-state index in [2.05, 4.69) is 34.6 Å². The number of hydrogen-bond donors (Lipinski definition) is 2. The topological polar surface area (TPSA) is 71.8 Å². The van der Waals surface area contributed by atoms with Crippen LogP contribution < -0.4 is 10.6 Å². The molecule has 2 rings (SSSR count). The van der Waals surface area contributed by atoms with Crippen LogP contribution in [0, 0.1) is 0 Å². The van der Waals surface area contributed by atoms with Gasteiger partial charge in [0.05, 0.1) is 17.9 Å². The lowest BCUT2D eigenvalue weighted by Gasteiger charge is -2.13. The predicted molar refractivity (Wildman–Crippen MR) is 77.7 cm³/mol. The highest BCUT2D eigenvalue weighted by atomic mass is 16.1. The van der Waals surface area contributed by atoms with Crippen LogP contribution in [-0.4, -0.2) is 33.3 Å². The zero-order valence-corrected chi connectivity index (χ0v) is 11.7. The molecule has 6 heteroatoms. The summed E-state index contributed by atoms with van der Waals surface area (Å²) in [6, 6.07) is 7.82. The molecular formula is C14H19N5O. The maximum atomic E-state index is 11.9. The van der Waals surface area contributed by atoms with E-state index in [4.69, 9.17) is 0 Å². The van der Waals surface area contributed by atoms with E-state index in [-0.39, 0.29) is 5.91 Å². The molecule has 20 heavy (non-hydrogen) atoms. The van der Waals surface area contributed by atoms with Gasteiger partial charge in [-0.15, -0.1) is 0 Å². The number of aromatic nitrogens is 3. The smallest absolute Gasteiger partial charge is 0.238 e. The SMILES string of the molecule is CCC(C)NCC(=O)Nc1ccccc1-n1cncn1. The van der Waals surface area contributed by atoms with Crippen molar-refractivity contribution in [2.45, 2.75) is 26.3 Å². The molecule has 0 saturated carbocycles. The van der Waals surface area contributed by atoms with E-state index in [1.807, 2.05) is 24.3 Å². The molecule has 1 aromatic heterocycles. The molecule has 2 aromatic rings. The number of anilines is 1. The molecule has 0 spiro atoms. The number of nitrogens with zero attached hydrogens (tertiary/aromatic N) is 3. The van der Waals surface area contributed by atoms with Gasteiger partial charge in [-0.25, -0.2) is 9.67 Å². The fraction of sp³-hybridized carbons (Fsp3) is 0.357. The van der Waals surface area contributed by atoms with Crippen molar-refractivity contribution in [3.05, 3.63) is 36.9 Å². The molecule has 0 aliphatic carbocycles. The second kappa shape index (κ2) is 6.81. The van der Waals surface area contributed by atoms with Crippen molar-refractivity contribution in [1.82, 2.24) is 20.1 Å². The maximum absolute atomic E-state index is 11.9. The Bertz CT molecular complexity index is 552. The third kappa shape index (κ3) is 3.64. The minimum absolute atomic E-state index is 0.0714. The highest BCUT2D eigenvalue weighted by molar-refractivity contribution is 5.94. The molecule has 1 amide bonds. The van der Waals surface area contributed by atoms with E-state index in [0.29, 0.717) is 18.3 Å². The van der Waals surface area contributed by atoms with Gasteiger partial charge in [-0.2, -0.15) is 5.10 Å². The Hall–Kier alpha value is -2.21. The van der Waals surface area contributed by atoms with Gasteiger partial charge in [0.25, 0.3) is 0 Å². The highest BCUT2D eigenvalue weighted by Crippen LogP contribution is 2.18. The summed E-state index contributed by atoms with van der Waals surface area (Å²) in [5, 5.41) is 10.1. The Balaban J connectivity index is 2.04. The fourth-order valence-corrected chi connectivity index (χ4v) is 1.72. The Labute approximate surface area is 118 Å². The zero-order valence-electron chi connectivity index (χ0n) is 11.7. The average molecular weight is 273 g/mol. The lowest BCUT2D eigenvalue weighted by Crippen LogP contribution is -2.34. The van der Waals surface area contributed by atoms with Crippen LogP contribution in [0.25, 0.3) is 5.69 Å². The van der Waals surface area contributed by atoms with Crippen LogP contribution >= 0.6 is 0 Å². The average Bonchev–Trinajstić information content (AvgIpc) is 2.99. The van der Waals surface area contributed by atoms with Crippen LogP contribution in [0.3, 0.4) is 0 Å². The van der Waals surface area contributed by atoms with Crippen molar-refractivity contribution < 1.29 is 4.79 Å². The summed E-state index contributed by atoms with van der Waals surface area (Å²) in [5.74, 6) is -0.0714. The Kier molecular flexibility index (Phi) is 4.84. The van der Waals surface area contributed by atoms with Crippen LogP contribution in [0.15, 0.2) is 36.9 Å². The van der Waals surface area contributed by atoms with Crippen LogP contribution in [0.2, 0.25) is 0 Å². The molecule has 1 heterocycles. The van der Waals surface area contributed by atoms with E-state index in [9.17, 15) is 4.79 Å². The van der Waals surface area contributed by atoms with Crippen LogP contribution in [0.5, 0.6) is 0 Å². The van der Waals surface area contributed by atoms with Crippen molar-refractivity contribution in [2.75, 3.05) is 11.9 Å². The first kappa shape index (κ1) is 14.2. The summed E-state index contributed by atoms with van der Waals surface area (Å²) in [4.78, 5) is 15.9. The standard InChI is InChI=1S/C14H19N5O/c1-3-11(2)16-8-14(20)18-12-6-4-5-7-13(12)19-10-15-9-17-19/h4-7,9-11,16H,3,8H2,1-2H3,(H,18,20). The van der Waals surface area contributed by atoms with Gasteiger partial charge in [0, 0.05) is 6.04 Å². The van der Waals surface area contributed by atoms with E-state index < -0.39 is 0 Å². The van der Waals surface area contributed by atoms with Gasteiger partial charge >= 0.3 is 0 Å². The number of hydrogen-bond acceptors (Lipinski definition) is 4. The molecule has 0 aliphatic rings. The molecule has 1 unspecified atom stereocenters. The van der Waals surface area contributed by atoms with Crippen molar-refractivity contribution in [1.29, 1.82) is 0 Å². The summed E-state index contributed by atoms with van der Waals surface area (Å²) in [6.45, 7) is 4.42. The third-order valence-electron chi connectivity index (χ3n) is 3.07. The second-order valence-electron chi connectivity index (χ2n) is 4.60. The quantitative estimate of drug-likeness (QED) is 0.838. The lowest BCUT2D eigenvalue weighted by molar-refractivity contribution is -0.115. The monoisotopic (exact) mass is 273 g/mol.